The van der Waals surface area contributed by atoms with Gasteiger partial charge in [0.1, 0.15) is 0 Å². The maximum Gasteiger partial charge on any atom is 0.234 e. The lowest BCUT2D eigenvalue weighted by Gasteiger charge is -2.35. The van der Waals surface area contributed by atoms with E-state index in [2.05, 4.69) is 40.2 Å². The van der Waals surface area contributed by atoms with Gasteiger partial charge in [0.2, 0.25) is 5.91 Å². The number of hydrogen-bond donors (Lipinski definition) is 1. The van der Waals surface area contributed by atoms with Gasteiger partial charge in [-0.3, -0.25) is 9.69 Å². The van der Waals surface area contributed by atoms with Gasteiger partial charge in [-0.15, -0.1) is 0 Å². The first-order chi connectivity index (χ1) is 12.6. The summed E-state index contributed by atoms with van der Waals surface area (Å²) in [6.07, 6.45) is 0. The van der Waals surface area contributed by atoms with Gasteiger partial charge >= 0.3 is 0 Å². The van der Waals surface area contributed by atoms with Gasteiger partial charge in [-0.2, -0.15) is 0 Å². The summed E-state index contributed by atoms with van der Waals surface area (Å²) < 4.78 is 0. The summed E-state index contributed by atoms with van der Waals surface area (Å²) >= 11 is 6.08. The highest BCUT2D eigenvalue weighted by atomic mass is 35.5. The zero-order valence-electron chi connectivity index (χ0n) is 15.2. The number of nitrogens with one attached hydrogen (secondary N) is 1. The van der Waals surface area contributed by atoms with Crippen LogP contribution in [0.15, 0.2) is 54.6 Å². The number of nitrogens with zero attached hydrogens (tertiary/aromatic N) is 2. The quantitative estimate of drug-likeness (QED) is 0.845. The minimum Gasteiger partial charge on any atom is -0.369 e. The molecule has 4 nitrogen and oxygen atoms in total. The van der Waals surface area contributed by atoms with Crippen LogP contribution in [0.25, 0.3) is 0 Å². The van der Waals surface area contributed by atoms with Crippen molar-refractivity contribution in [1.82, 2.24) is 10.2 Å². The van der Waals surface area contributed by atoms with Crippen molar-refractivity contribution in [1.29, 1.82) is 0 Å². The monoisotopic (exact) mass is 371 g/mol. The summed E-state index contributed by atoms with van der Waals surface area (Å²) in [6.45, 7) is 6.86. The van der Waals surface area contributed by atoms with Gasteiger partial charge in [0.05, 0.1) is 6.54 Å². The Morgan fingerprint density at radius 2 is 1.81 bits per heavy atom. The van der Waals surface area contributed by atoms with E-state index in [1.54, 1.807) is 0 Å². The summed E-state index contributed by atoms with van der Waals surface area (Å²) in [7, 11) is 0. The highest BCUT2D eigenvalue weighted by Gasteiger charge is 2.19. The van der Waals surface area contributed by atoms with Crippen molar-refractivity contribution in [2.75, 3.05) is 44.2 Å². The normalized spacial score (nSPS) is 16.3. The molecule has 1 fully saturated rings. The van der Waals surface area contributed by atoms with Crippen LogP contribution < -0.4 is 10.2 Å². The van der Waals surface area contributed by atoms with Crippen LogP contribution in [0.5, 0.6) is 0 Å². The molecular weight excluding hydrogens is 346 g/mol. The minimum atomic E-state index is 0.101. The lowest BCUT2D eigenvalue weighted by molar-refractivity contribution is -0.122. The molecule has 0 aromatic heterocycles. The molecule has 0 aliphatic carbocycles. The number of carbonyl (C=O) groups excluding carboxylic acids is 1. The molecule has 0 bridgehead atoms. The highest BCUT2D eigenvalue weighted by molar-refractivity contribution is 6.30. The molecule has 0 unspecified atom stereocenters. The van der Waals surface area contributed by atoms with E-state index in [9.17, 15) is 4.79 Å². The van der Waals surface area contributed by atoms with Crippen molar-refractivity contribution in [3.05, 3.63) is 65.2 Å². The summed E-state index contributed by atoms with van der Waals surface area (Å²) in [5, 5.41) is 3.83. The minimum absolute atomic E-state index is 0.101. The Labute approximate surface area is 160 Å². The largest absolute Gasteiger partial charge is 0.369 e. The number of rotatable bonds is 6. The molecule has 3 rings (SSSR count). The van der Waals surface area contributed by atoms with E-state index in [0.29, 0.717) is 19.0 Å². The summed E-state index contributed by atoms with van der Waals surface area (Å²) in [4.78, 5) is 16.8. The van der Waals surface area contributed by atoms with E-state index in [1.165, 1.54) is 5.56 Å². The second-order valence-electron chi connectivity index (χ2n) is 6.86. The Balaban J connectivity index is 1.41. The zero-order valence-corrected chi connectivity index (χ0v) is 16.0. The van der Waals surface area contributed by atoms with Crippen LogP contribution in [0.2, 0.25) is 5.02 Å². The second-order valence-corrected chi connectivity index (χ2v) is 7.30. The third-order valence-corrected chi connectivity index (χ3v) is 5.12. The highest BCUT2D eigenvalue weighted by Crippen LogP contribution is 2.20. The van der Waals surface area contributed by atoms with Crippen LogP contribution in [0.4, 0.5) is 5.69 Å². The molecule has 138 valence electrons. The van der Waals surface area contributed by atoms with Crippen molar-refractivity contribution >= 4 is 23.2 Å². The van der Waals surface area contributed by atoms with Crippen molar-refractivity contribution in [2.24, 2.45) is 0 Å². The molecule has 1 aliphatic heterocycles. The van der Waals surface area contributed by atoms with Crippen molar-refractivity contribution in [3.8, 4) is 0 Å². The first kappa shape index (κ1) is 18.7. The van der Waals surface area contributed by atoms with Crippen molar-refractivity contribution < 1.29 is 4.79 Å². The number of carbonyl (C=O) groups is 1. The van der Waals surface area contributed by atoms with Crippen molar-refractivity contribution in [2.45, 2.75) is 12.8 Å². The Morgan fingerprint density at radius 3 is 2.50 bits per heavy atom. The van der Waals surface area contributed by atoms with Crippen LogP contribution in [-0.4, -0.2) is 50.1 Å². The fourth-order valence-corrected chi connectivity index (χ4v) is 3.45. The Hall–Kier alpha value is -2.04. The molecule has 26 heavy (non-hydrogen) atoms. The Bertz CT molecular complexity index is 714. The molecule has 0 spiro atoms. The van der Waals surface area contributed by atoms with E-state index in [-0.39, 0.29) is 5.91 Å². The summed E-state index contributed by atoms with van der Waals surface area (Å²) in [5.74, 6) is 0.420. The van der Waals surface area contributed by atoms with Gasteiger partial charge in [0.25, 0.3) is 0 Å². The maximum atomic E-state index is 12.3. The molecule has 1 aliphatic rings. The smallest absolute Gasteiger partial charge is 0.234 e. The molecule has 1 amide bonds. The van der Waals surface area contributed by atoms with E-state index in [1.807, 2.05) is 36.4 Å². The lowest BCUT2D eigenvalue weighted by Crippen LogP contribution is -2.49. The van der Waals surface area contributed by atoms with Gasteiger partial charge in [0, 0.05) is 43.4 Å². The Morgan fingerprint density at radius 1 is 1.08 bits per heavy atom. The molecule has 2 aromatic carbocycles. The molecule has 1 atom stereocenters. The SMILES string of the molecule is C[C@@H](CNC(=O)CN1CCN(c2cccc(Cl)c2)CC1)c1ccccc1. The summed E-state index contributed by atoms with van der Waals surface area (Å²) in [6, 6.07) is 18.2. The molecule has 0 radical (unpaired) electrons. The topological polar surface area (TPSA) is 35.6 Å². The van der Waals surface area contributed by atoms with Crippen LogP contribution >= 0.6 is 11.6 Å². The molecule has 1 N–H and O–H groups in total. The maximum absolute atomic E-state index is 12.3. The van der Waals surface area contributed by atoms with Gasteiger partial charge in [-0.05, 0) is 29.7 Å². The third-order valence-electron chi connectivity index (χ3n) is 4.89. The van der Waals surface area contributed by atoms with E-state index in [0.717, 1.165) is 36.9 Å². The molecule has 1 saturated heterocycles. The third kappa shape index (κ3) is 5.23. The molecule has 0 saturated carbocycles. The number of anilines is 1. The van der Waals surface area contributed by atoms with Gasteiger partial charge in [0.15, 0.2) is 0 Å². The average molecular weight is 372 g/mol. The average Bonchev–Trinajstić information content (AvgIpc) is 2.67. The molecule has 1 heterocycles. The standard InChI is InChI=1S/C21H26ClN3O/c1-17(18-6-3-2-4-7-18)15-23-21(26)16-24-10-12-25(13-11-24)20-9-5-8-19(22)14-20/h2-9,14,17H,10-13,15-16H2,1H3,(H,23,26)/t17-/m0/s1. The van der Waals surface area contributed by atoms with Gasteiger partial charge in [-0.25, -0.2) is 0 Å². The van der Waals surface area contributed by atoms with E-state index >= 15 is 0 Å². The lowest BCUT2D eigenvalue weighted by atomic mass is 10.0. The second kappa shape index (κ2) is 9.06. The predicted octanol–water partition coefficient (Wildman–Crippen LogP) is 3.38. The van der Waals surface area contributed by atoms with E-state index < -0.39 is 0 Å². The molecule has 5 heteroatoms. The predicted molar refractivity (Wildman–Crippen MR) is 108 cm³/mol. The fraction of sp³-hybridized carbons (Fsp3) is 0.381. The van der Waals surface area contributed by atoms with Gasteiger partial charge < -0.3 is 10.2 Å². The van der Waals surface area contributed by atoms with Crippen LogP contribution in [0.1, 0.15) is 18.4 Å². The fourth-order valence-electron chi connectivity index (χ4n) is 3.26. The summed E-state index contributed by atoms with van der Waals surface area (Å²) in [5.41, 5.74) is 2.40. The van der Waals surface area contributed by atoms with Gasteiger partial charge in [-0.1, -0.05) is 54.9 Å². The number of benzene rings is 2. The van der Waals surface area contributed by atoms with Crippen molar-refractivity contribution in [3.63, 3.8) is 0 Å². The number of amides is 1. The van der Waals surface area contributed by atoms with Crippen LogP contribution in [0.3, 0.4) is 0 Å². The zero-order chi connectivity index (χ0) is 18.4. The number of piperazine rings is 1. The molecule has 2 aromatic rings. The van der Waals surface area contributed by atoms with Crippen LogP contribution in [0, 0.1) is 0 Å². The first-order valence-corrected chi connectivity index (χ1v) is 9.54. The first-order valence-electron chi connectivity index (χ1n) is 9.16. The molecular formula is C21H26ClN3O. The Kier molecular flexibility index (Phi) is 6.53. The number of hydrogen-bond acceptors (Lipinski definition) is 3. The number of halogens is 1. The van der Waals surface area contributed by atoms with E-state index in [4.69, 9.17) is 11.6 Å². The van der Waals surface area contributed by atoms with Crippen LogP contribution in [-0.2, 0) is 4.79 Å².